The molecule has 0 atom stereocenters. The fraction of sp³-hybridized carbons (Fsp3) is 0.412. The zero-order valence-electron chi connectivity index (χ0n) is 14.0. The number of halogens is 3. The van der Waals surface area contributed by atoms with Gasteiger partial charge < -0.3 is 14.4 Å². The van der Waals surface area contributed by atoms with Crippen molar-refractivity contribution in [3.63, 3.8) is 0 Å². The van der Waals surface area contributed by atoms with Crippen molar-refractivity contribution in [3.8, 4) is 5.75 Å². The van der Waals surface area contributed by atoms with Gasteiger partial charge in [0.25, 0.3) is 0 Å². The molecule has 0 spiro atoms. The van der Waals surface area contributed by atoms with E-state index in [4.69, 9.17) is 4.74 Å². The van der Waals surface area contributed by atoms with E-state index < -0.39 is 17.7 Å². The molecule has 2 aromatic rings. The van der Waals surface area contributed by atoms with E-state index in [0.717, 1.165) is 17.3 Å². The van der Waals surface area contributed by atoms with Gasteiger partial charge in [-0.1, -0.05) is 17.4 Å². The Labute approximate surface area is 152 Å². The van der Waals surface area contributed by atoms with Crippen LogP contribution in [0.15, 0.2) is 30.5 Å². The summed E-state index contributed by atoms with van der Waals surface area (Å²) in [7, 11) is 1.32. The molecule has 2 heterocycles. The maximum atomic E-state index is 12.8. The minimum atomic E-state index is -4.38. The molecule has 0 saturated carbocycles. The molecule has 0 amide bonds. The summed E-state index contributed by atoms with van der Waals surface area (Å²) in [5.41, 5.74) is -0.717. The van der Waals surface area contributed by atoms with Crippen LogP contribution in [0.4, 0.5) is 18.3 Å². The van der Waals surface area contributed by atoms with Crippen LogP contribution in [0.25, 0.3) is 0 Å². The van der Waals surface area contributed by atoms with Gasteiger partial charge in [0.15, 0.2) is 5.13 Å². The van der Waals surface area contributed by atoms with Crippen LogP contribution < -0.4 is 9.64 Å². The number of hydrogen-bond donors (Lipinski definition) is 0. The topological polar surface area (TPSA) is 51.7 Å². The Bertz CT molecular complexity index is 771. The molecule has 1 aliphatic rings. The molecular formula is C17H17F3N2O3S. The van der Waals surface area contributed by atoms with E-state index in [9.17, 15) is 18.0 Å². The minimum Gasteiger partial charge on any atom is -0.490 e. The molecule has 1 aromatic heterocycles. The number of anilines is 1. The van der Waals surface area contributed by atoms with Gasteiger partial charge in [0.1, 0.15) is 16.7 Å². The quantitative estimate of drug-likeness (QED) is 0.744. The fourth-order valence-corrected chi connectivity index (χ4v) is 3.60. The Kier molecular flexibility index (Phi) is 5.36. The molecule has 5 nitrogen and oxygen atoms in total. The average Bonchev–Trinajstić information content (AvgIpc) is 3.11. The lowest BCUT2D eigenvalue weighted by molar-refractivity contribution is -0.137. The van der Waals surface area contributed by atoms with E-state index in [1.165, 1.54) is 36.8 Å². The molecule has 1 aliphatic heterocycles. The van der Waals surface area contributed by atoms with E-state index in [1.54, 1.807) is 0 Å². The second kappa shape index (κ2) is 7.53. The summed E-state index contributed by atoms with van der Waals surface area (Å²) in [5, 5.41) is 0.725. The van der Waals surface area contributed by atoms with Crippen LogP contribution in [0.2, 0.25) is 0 Å². The van der Waals surface area contributed by atoms with Gasteiger partial charge in [0.2, 0.25) is 0 Å². The van der Waals surface area contributed by atoms with Crippen molar-refractivity contribution in [2.75, 3.05) is 25.1 Å². The number of alkyl halides is 3. The Morgan fingerprint density at radius 1 is 1.31 bits per heavy atom. The highest BCUT2D eigenvalue weighted by Gasteiger charge is 2.31. The molecule has 0 bridgehead atoms. The van der Waals surface area contributed by atoms with Crippen LogP contribution in [0, 0.1) is 0 Å². The van der Waals surface area contributed by atoms with Gasteiger partial charge >= 0.3 is 12.1 Å². The van der Waals surface area contributed by atoms with Crippen molar-refractivity contribution in [1.82, 2.24) is 4.98 Å². The lowest BCUT2D eigenvalue weighted by atomic mass is 10.1. The lowest BCUT2D eigenvalue weighted by Gasteiger charge is -2.32. The molecule has 0 N–H and O–H groups in total. The molecule has 3 rings (SSSR count). The number of carbonyl (C=O) groups is 1. The molecule has 140 valence electrons. The number of methoxy groups -OCH3 is 1. The highest BCUT2D eigenvalue weighted by Crippen LogP contribution is 2.32. The zero-order chi connectivity index (χ0) is 18.7. The standard InChI is InChI=1S/C17H17F3N2O3S/c1-24-15(23)14-10-21-16(26-14)22-7-5-12(6-8-22)25-13-4-2-3-11(9-13)17(18,19)20/h2-4,9-10,12H,5-8H2,1H3. The predicted molar refractivity (Wildman–Crippen MR) is 90.8 cm³/mol. The largest absolute Gasteiger partial charge is 0.490 e. The first-order valence-electron chi connectivity index (χ1n) is 8.00. The molecule has 9 heteroatoms. The van der Waals surface area contributed by atoms with E-state index in [-0.39, 0.29) is 11.9 Å². The monoisotopic (exact) mass is 386 g/mol. The number of ether oxygens (including phenoxy) is 2. The first-order valence-corrected chi connectivity index (χ1v) is 8.81. The van der Waals surface area contributed by atoms with Gasteiger partial charge in [-0.2, -0.15) is 13.2 Å². The number of rotatable bonds is 4. The normalized spacial score (nSPS) is 15.8. The Morgan fingerprint density at radius 3 is 2.69 bits per heavy atom. The third-order valence-electron chi connectivity index (χ3n) is 4.06. The fourth-order valence-electron chi connectivity index (χ4n) is 2.71. The van der Waals surface area contributed by atoms with Gasteiger partial charge in [-0.15, -0.1) is 0 Å². The first-order chi connectivity index (χ1) is 12.4. The molecule has 0 unspecified atom stereocenters. The Hall–Kier alpha value is -2.29. The maximum Gasteiger partial charge on any atom is 0.416 e. The van der Waals surface area contributed by atoms with Gasteiger partial charge in [-0.3, -0.25) is 0 Å². The average molecular weight is 386 g/mol. The summed E-state index contributed by atoms with van der Waals surface area (Å²) >= 11 is 1.26. The van der Waals surface area contributed by atoms with Crippen LogP contribution in [0.5, 0.6) is 5.75 Å². The number of nitrogens with zero attached hydrogens (tertiary/aromatic N) is 2. The maximum absolute atomic E-state index is 12.8. The molecular weight excluding hydrogens is 369 g/mol. The van der Waals surface area contributed by atoms with E-state index in [1.807, 2.05) is 4.90 Å². The van der Waals surface area contributed by atoms with E-state index >= 15 is 0 Å². The van der Waals surface area contributed by atoms with Crippen LogP contribution in [-0.2, 0) is 10.9 Å². The SMILES string of the molecule is COC(=O)c1cnc(N2CCC(Oc3cccc(C(F)(F)F)c3)CC2)s1. The molecule has 1 aromatic carbocycles. The number of carbonyl (C=O) groups excluding carboxylic acids is 1. The second-order valence-corrected chi connectivity index (χ2v) is 6.84. The van der Waals surface area contributed by atoms with Crippen molar-refractivity contribution in [2.45, 2.75) is 25.1 Å². The van der Waals surface area contributed by atoms with Gasteiger partial charge in [0.05, 0.1) is 18.9 Å². The third-order valence-corrected chi connectivity index (χ3v) is 5.09. The highest BCUT2D eigenvalue weighted by atomic mass is 32.1. The Morgan fingerprint density at radius 2 is 2.04 bits per heavy atom. The van der Waals surface area contributed by atoms with Crippen molar-refractivity contribution in [3.05, 3.63) is 40.9 Å². The van der Waals surface area contributed by atoms with Gasteiger partial charge in [-0.05, 0) is 18.2 Å². The number of aromatic nitrogens is 1. The number of esters is 1. The van der Waals surface area contributed by atoms with Crippen LogP contribution in [-0.4, -0.2) is 37.3 Å². The van der Waals surface area contributed by atoms with Gasteiger partial charge in [-0.25, -0.2) is 9.78 Å². The summed E-state index contributed by atoms with van der Waals surface area (Å²) in [6, 6.07) is 4.93. The van der Waals surface area contributed by atoms with E-state index in [2.05, 4.69) is 9.72 Å². The summed E-state index contributed by atoms with van der Waals surface area (Å²) in [6.07, 6.45) is -1.75. The van der Waals surface area contributed by atoms with E-state index in [0.29, 0.717) is 30.8 Å². The van der Waals surface area contributed by atoms with Crippen LogP contribution >= 0.6 is 11.3 Å². The molecule has 1 saturated heterocycles. The van der Waals surface area contributed by atoms with Crippen molar-refractivity contribution < 1.29 is 27.4 Å². The molecule has 0 radical (unpaired) electrons. The van der Waals surface area contributed by atoms with Crippen LogP contribution in [0.3, 0.4) is 0 Å². The number of thiazole rings is 1. The number of hydrogen-bond acceptors (Lipinski definition) is 6. The Balaban J connectivity index is 1.57. The highest BCUT2D eigenvalue weighted by molar-refractivity contribution is 7.17. The lowest BCUT2D eigenvalue weighted by Crippen LogP contribution is -2.38. The molecule has 1 fully saturated rings. The number of benzene rings is 1. The van der Waals surface area contributed by atoms with Crippen LogP contribution in [0.1, 0.15) is 28.1 Å². The van der Waals surface area contributed by atoms with Crippen molar-refractivity contribution in [1.29, 1.82) is 0 Å². The predicted octanol–water partition coefficient (Wildman–Crippen LogP) is 4.00. The zero-order valence-corrected chi connectivity index (χ0v) is 14.8. The summed E-state index contributed by atoms with van der Waals surface area (Å²) < 4.78 is 48.7. The summed E-state index contributed by atoms with van der Waals surface area (Å²) in [4.78, 5) is 18.2. The molecule has 26 heavy (non-hydrogen) atoms. The second-order valence-electron chi connectivity index (χ2n) is 5.83. The third kappa shape index (κ3) is 4.27. The summed E-state index contributed by atoms with van der Waals surface area (Å²) in [5.74, 6) is -0.197. The number of piperidine rings is 1. The van der Waals surface area contributed by atoms with Crippen molar-refractivity contribution >= 4 is 22.4 Å². The van der Waals surface area contributed by atoms with Crippen molar-refractivity contribution in [2.24, 2.45) is 0 Å². The van der Waals surface area contributed by atoms with Gasteiger partial charge in [0, 0.05) is 25.9 Å². The smallest absolute Gasteiger partial charge is 0.416 e. The summed E-state index contributed by atoms with van der Waals surface area (Å²) in [6.45, 7) is 1.30. The minimum absolute atomic E-state index is 0.158. The first kappa shape index (κ1) is 18.5. The molecule has 0 aliphatic carbocycles.